The zero-order valence-electron chi connectivity index (χ0n) is 6.54. The Morgan fingerprint density at radius 1 is 1.31 bits per heavy atom. The molecular formula is C5H8F3O4P. The highest BCUT2D eigenvalue weighted by molar-refractivity contribution is 7.48. The van der Waals surface area contributed by atoms with Crippen LogP contribution in [0.15, 0.2) is 0 Å². The van der Waals surface area contributed by atoms with Crippen molar-refractivity contribution < 1.29 is 31.3 Å². The molecule has 0 N–H and O–H groups in total. The van der Waals surface area contributed by atoms with E-state index in [1.165, 1.54) is 0 Å². The molecule has 0 saturated carbocycles. The van der Waals surface area contributed by atoms with Crippen LogP contribution in [0.25, 0.3) is 0 Å². The minimum atomic E-state index is -4.32. The summed E-state index contributed by atoms with van der Waals surface area (Å²) in [5.74, 6) is 0. The Balaban J connectivity index is 2.23. The van der Waals surface area contributed by atoms with Crippen LogP contribution >= 0.6 is 7.82 Å². The van der Waals surface area contributed by atoms with Gasteiger partial charge in [-0.1, -0.05) is 0 Å². The first-order valence-electron chi connectivity index (χ1n) is 3.52. The SMILES string of the molecule is O=P1(OCCC(F)(F)F)OCCO1. The number of rotatable bonds is 3. The van der Waals surface area contributed by atoms with E-state index in [9.17, 15) is 17.7 Å². The van der Waals surface area contributed by atoms with Crippen molar-refractivity contribution in [2.24, 2.45) is 0 Å². The van der Waals surface area contributed by atoms with Crippen molar-refractivity contribution in [3.05, 3.63) is 0 Å². The second kappa shape index (κ2) is 3.96. The summed E-state index contributed by atoms with van der Waals surface area (Å²) in [5, 5.41) is 0. The summed E-state index contributed by atoms with van der Waals surface area (Å²) in [6.45, 7) is -0.534. The van der Waals surface area contributed by atoms with E-state index in [1.54, 1.807) is 0 Å². The maximum Gasteiger partial charge on any atom is 0.474 e. The molecule has 0 bridgehead atoms. The van der Waals surface area contributed by atoms with Crippen LogP contribution in [0.1, 0.15) is 6.42 Å². The summed E-state index contributed by atoms with van der Waals surface area (Å²) >= 11 is 0. The van der Waals surface area contributed by atoms with Gasteiger partial charge in [0.2, 0.25) is 0 Å². The van der Waals surface area contributed by atoms with Gasteiger partial charge in [-0.3, -0.25) is 13.6 Å². The van der Waals surface area contributed by atoms with Gasteiger partial charge in [0.1, 0.15) is 0 Å². The van der Waals surface area contributed by atoms with Crippen molar-refractivity contribution in [1.29, 1.82) is 0 Å². The molecule has 0 amide bonds. The van der Waals surface area contributed by atoms with Crippen LogP contribution in [0.4, 0.5) is 13.2 Å². The third-order valence-corrected chi connectivity index (χ3v) is 2.71. The van der Waals surface area contributed by atoms with Crippen molar-refractivity contribution in [3.63, 3.8) is 0 Å². The fraction of sp³-hybridized carbons (Fsp3) is 1.00. The van der Waals surface area contributed by atoms with Gasteiger partial charge in [-0.15, -0.1) is 0 Å². The van der Waals surface area contributed by atoms with Gasteiger partial charge < -0.3 is 0 Å². The molecule has 78 valence electrons. The van der Waals surface area contributed by atoms with Gasteiger partial charge in [0.05, 0.1) is 26.2 Å². The van der Waals surface area contributed by atoms with E-state index in [-0.39, 0.29) is 13.2 Å². The molecule has 1 heterocycles. The van der Waals surface area contributed by atoms with Gasteiger partial charge in [-0.2, -0.15) is 13.2 Å². The number of hydrogen-bond donors (Lipinski definition) is 0. The van der Waals surface area contributed by atoms with Gasteiger partial charge in [0.25, 0.3) is 0 Å². The van der Waals surface area contributed by atoms with Crippen LogP contribution < -0.4 is 0 Å². The quantitative estimate of drug-likeness (QED) is 0.683. The summed E-state index contributed by atoms with van der Waals surface area (Å²) < 4.78 is 59.2. The number of phosphoric ester groups is 1. The molecule has 0 aromatic rings. The molecular weight excluding hydrogens is 212 g/mol. The van der Waals surface area contributed by atoms with Gasteiger partial charge >= 0.3 is 14.0 Å². The molecule has 1 rings (SSSR count). The maximum absolute atomic E-state index is 11.6. The van der Waals surface area contributed by atoms with Gasteiger partial charge in [-0.05, 0) is 0 Å². The summed E-state index contributed by atoms with van der Waals surface area (Å²) in [4.78, 5) is 0. The molecule has 0 unspecified atom stereocenters. The second-order valence-electron chi connectivity index (χ2n) is 2.31. The third kappa shape index (κ3) is 4.08. The Hall–Kier alpha value is -0.100. The average molecular weight is 220 g/mol. The standard InChI is InChI=1S/C5H8F3O4P/c6-5(7,8)1-2-10-13(9)11-3-4-12-13/h1-4H2. The zero-order valence-corrected chi connectivity index (χ0v) is 7.44. The summed E-state index contributed by atoms with van der Waals surface area (Å²) in [7, 11) is -3.66. The van der Waals surface area contributed by atoms with Crippen molar-refractivity contribution in [2.75, 3.05) is 19.8 Å². The lowest BCUT2D eigenvalue weighted by atomic mass is 10.5. The van der Waals surface area contributed by atoms with Crippen LogP contribution in [0.2, 0.25) is 0 Å². The molecule has 1 aliphatic rings. The Labute approximate surface area is 72.6 Å². The Morgan fingerprint density at radius 2 is 1.85 bits per heavy atom. The highest BCUT2D eigenvalue weighted by atomic mass is 31.2. The van der Waals surface area contributed by atoms with Crippen molar-refractivity contribution in [1.82, 2.24) is 0 Å². The predicted molar refractivity (Wildman–Crippen MR) is 36.1 cm³/mol. The molecule has 8 heteroatoms. The first-order chi connectivity index (χ1) is 5.91. The maximum atomic E-state index is 11.6. The lowest BCUT2D eigenvalue weighted by Gasteiger charge is -2.10. The van der Waals surface area contributed by atoms with Crippen molar-refractivity contribution in [2.45, 2.75) is 12.6 Å². The lowest BCUT2D eigenvalue weighted by Crippen LogP contribution is -2.10. The largest absolute Gasteiger partial charge is 0.474 e. The normalized spacial score (nSPS) is 22.1. The first-order valence-corrected chi connectivity index (χ1v) is 4.98. The summed E-state index contributed by atoms with van der Waals surface area (Å²) in [6.07, 6.45) is -5.48. The van der Waals surface area contributed by atoms with Gasteiger partial charge in [0.15, 0.2) is 0 Å². The molecule has 13 heavy (non-hydrogen) atoms. The van der Waals surface area contributed by atoms with E-state index >= 15 is 0 Å². The molecule has 1 aliphatic heterocycles. The minimum Gasteiger partial charge on any atom is -0.287 e. The molecule has 1 fully saturated rings. The molecule has 4 nitrogen and oxygen atoms in total. The number of hydrogen-bond acceptors (Lipinski definition) is 4. The van der Waals surface area contributed by atoms with Crippen molar-refractivity contribution in [3.8, 4) is 0 Å². The van der Waals surface area contributed by atoms with Gasteiger partial charge in [-0.25, -0.2) is 4.57 Å². The van der Waals surface area contributed by atoms with Gasteiger partial charge in [0, 0.05) is 0 Å². The van der Waals surface area contributed by atoms with E-state index in [0.29, 0.717) is 0 Å². The highest BCUT2D eigenvalue weighted by Gasteiger charge is 2.34. The lowest BCUT2D eigenvalue weighted by molar-refractivity contribution is -0.140. The van der Waals surface area contributed by atoms with E-state index in [1.807, 2.05) is 0 Å². The first kappa shape index (κ1) is 11.0. The monoisotopic (exact) mass is 220 g/mol. The smallest absolute Gasteiger partial charge is 0.287 e. The molecule has 1 saturated heterocycles. The van der Waals surface area contributed by atoms with Crippen molar-refractivity contribution >= 4 is 7.82 Å². The molecule has 0 radical (unpaired) electrons. The predicted octanol–water partition coefficient (Wildman–Crippen LogP) is 2.11. The fourth-order valence-corrected chi connectivity index (χ4v) is 1.82. The van der Waals surface area contributed by atoms with E-state index in [2.05, 4.69) is 13.6 Å². The molecule has 0 aromatic heterocycles. The highest BCUT2D eigenvalue weighted by Crippen LogP contribution is 2.52. The Morgan fingerprint density at radius 3 is 2.31 bits per heavy atom. The molecule has 0 spiro atoms. The van der Waals surface area contributed by atoms with Crippen LogP contribution in [0, 0.1) is 0 Å². The van der Waals surface area contributed by atoms with Crippen LogP contribution in [0.5, 0.6) is 0 Å². The number of alkyl halides is 3. The minimum absolute atomic E-state index is 0.0866. The zero-order chi connectivity index (χ0) is 9.95. The molecule has 0 atom stereocenters. The number of halogens is 3. The summed E-state index contributed by atoms with van der Waals surface area (Å²) in [5.41, 5.74) is 0. The fourth-order valence-electron chi connectivity index (χ4n) is 0.683. The number of phosphoric acid groups is 1. The summed E-state index contributed by atoms with van der Waals surface area (Å²) in [6, 6.07) is 0. The Kier molecular flexibility index (Phi) is 3.34. The topological polar surface area (TPSA) is 44.8 Å². The molecule has 0 aromatic carbocycles. The average Bonchev–Trinajstić information content (AvgIpc) is 2.33. The van der Waals surface area contributed by atoms with Crippen LogP contribution in [0.3, 0.4) is 0 Å². The molecule has 0 aliphatic carbocycles. The van der Waals surface area contributed by atoms with E-state index in [0.717, 1.165) is 0 Å². The van der Waals surface area contributed by atoms with E-state index < -0.39 is 27.0 Å². The second-order valence-corrected chi connectivity index (χ2v) is 3.98. The Bertz CT molecular complexity index is 206. The third-order valence-electron chi connectivity index (χ3n) is 1.22. The van der Waals surface area contributed by atoms with E-state index in [4.69, 9.17) is 0 Å². The van der Waals surface area contributed by atoms with Crippen LogP contribution in [-0.4, -0.2) is 26.0 Å². The van der Waals surface area contributed by atoms with Crippen LogP contribution in [-0.2, 0) is 18.1 Å².